The molecule has 0 spiro atoms. The Balaban J connectivity index is 1.90. The van der Waals surface area contributed by atoms with Gasteiger partial charge in [-0.05, 0) is 26.3 Å². The van der Waals surface area contributed by atoms with Crippen LogP contribution in [0.5, 0.6) is 0 Å². The summed E-state index contributed by atoms with van der Waals surface area (Å²) in [6, 6.07) is 0.586. The summed E-state index contributed by atoms with van der Waals surface area (Å²) in [6.07, 6.45) is 0. The van der Waals surface area contributed by atoms with Gasteiger partial charge in [-0.15, -0.1) is 0 Å². The van der Waals surface area contributed by atoms with Crippen molar-refractivity contribution in [2.75, 3.05) is 39.3 Å². The first-order chi connectivity index (χ1) is 8.09. The van der Waals surface area contributed by atoms with Gasteiger partial charge in [0.1, 0.15) is 0 Å². The van der Waals surface area contributed by atoms with Crippen molar-refractivity contribution in [3.05, 3.63) is 11.1 Å². The zero-order valence-electron chi connectivity index (χ0n) is 11.1. The van der Waals surface area contributed by atoms with Crippen LogP contribution in [0.3, 0.4) is 0 Å². The molecule has 0 saturated carbocycles. The molecule has 1 amide bonds. The van der Waals surface area contributed by atoms with E-state index in [1.165, 1.54) is 5.57 Å². The molecule has 4 nitrogen and oxygen atoms in total. The zero-order chi connectivity index (χ0) is 12.4. The number of carbonyl (C=O) groups is 1. The predicted molar refractivity (Wildman–Crippen MR) is 68.9 cm³/mol. The highest BCUT2D eigenvalue weighted by molar-refractivity contribution is 5.94. The summed E-state index contributed by atoms with van der Waals surface area (Å²) >= 11 is 0. The van der Waals surface area contributed by atoms with Crippen LogP contribution in [0.2, 0.25) is 0 Å². The second kappa shape index (κ2) is 5.19. The van der Waals surface area contributed by atoms with Gasteiger partial charge in [0.15, 0.2) is 0 Å². The van der Waals surface area contributed by atoms with E-state index >= 15 is 0 Å². The highest BCUT2D eigenvalue weighted by Gasteiger charge is 2.25. The number of amides is 1. The Bertz CT molecular complexity index is 322. The van der Waals surface area contributed by atoms with E-state index in [0.717, 1.165) is 44.8 Å². The van der Waals surface area contributed by atoms with E-state index in [4.69, 9.17) is 0 Å². The van der Waals surface area contributed by atoms with Crippen LogP contribution in [0.25, 0.3) is 0 Å². The first-order valence-electron chi connectivity index (χ1n) is 6.52. The summed E-state index contributed by atoms with van der Waals surface area (Å²) in [5, 5.41) is 3.19. The number of piperazine rings is 1. The number of rotatable bonds is 2. The number of carbonyl (C=O) groups excluding carboxylic acids is 1. The van der Waals surface area contributed by atoms with Gasteiger partial charge in [-0.2, -0.15) is 0 Å². The molecule has 0 aliphatic carbocycles. The minimum absolute atomic E-state index is 0.241. The molecule has 0 atom stereocenters. The van der Waals surface area contributed by atoms with Crippen LogP contribution in [0.4, 0.5) is 0 Å². The quantitative estimate of drug-likeness (QED) is 0.709. The summed E-state index contributed by atoms with van der Waals surface area (Å²) in [5.74, 6) is 0.241. The zero-order valence-corrected chi connectivity index (χ0v) is 11.1. The maximum atomic E-state index is 12.2. The van der Waals surface area contributed by atoms with Crippen LogP contribution in [-0.4, -0.2) is 61.0 Å². The smallest absolute Gasteiger partial charge is 0.249 e. The third-order valence-electron chi connectivity index (χ3n) is 3.86. The molecule has 2 fully saturated rings. The minimum Gasteiger partial charge on any atom is -0.336 e. The molecule has 2 saturated heterocycles. The van der Waals surface area contributed by atoms with Gasteiger partial charge in [0.2, 0.25) is 5.91 Å². The SMILES string of the molecule is CC(C(=O)N1CCN(C(C)C)CC1)=C1CNC1. The molecule has 4 heteroatoms. The predicted octanol–water partition coefficient (Wildman–Crippen LogP) is 0.459. The van der Waals surface area contributed by atoms with E-state index < -0.39 is 0 Å². The van der Waals surface area contributed by atoms with Gasteiger partial charge in [0, 0.05) is 50.9 Å². The normalized spacial score (nSPS) is 21.6. The topological polar surface area (TPSA) is 35.6 Å². The van der Waals surface area contributed by atoms with Gasteiger partial charge >= 0.3 is 0 Å². The Morgan fingerprint density at radius 1 is 1.18 bits per heavy atom. The molecule has 0 unspecified atom stereocenters. The second-order valence-corrected chi connectivity index (χ2v) is 5.25. The van der Waals surface area contributed by atoms with Crippen molar-refractivity contribution in [2.45, 2.75) is 26.8 Å². The maximum Gasteiger partial charge on any atom is 0.249 e. The highest BCUT2D eigenvalue weighted by atomic mass is 16.2. The molecule has 0 aromatic heterocycles. The van der Waals surface area contributed by atoms with Crippen LogP contribution < -0.4 is 5.32 Å². The molecule has 1 N–H and O–H groups in total. The number of hydrogen-bond donors (Lipinski definition) is 1. The molecule has 2 rings (SSSR count). The van der Waals surface area contributed by atoms with E-state index in [1.807, 2.05) is 11.8 Å². The summed E-state index contributed by atoms with van der Waals surface area (Å²) < 4.78 is 0. The van der Waals surface area contributed by atoms with Crippen molar-refractivity contribution < 1.29 is 4.79 Å². The first kappa shape index (κ1) is 12.6. The molecule has 0 radical (unpaired) electrons. The minimum atomic E-state index is 0.241. The number of nitrogens with zero attached hydrogens (tertiary/aromatic N) is 2. The second-order valence-electron chi connectivity index (χ2n) is 5.25. The third-order valence-corrected chi connectivity index (χ3v) is 3.86. The third kappa shape index (κ3) is 2.69. The Morgan fingerprint density at radius 2 is 1.76 bits per heavy atom. The molecular formula is C13H23N3O. The Morgan fingerprint density at radius 3 is 2.18 bits per heavy atom. The average molecular weight is 237 g/mol. The van der Waals surface area contributed by atoms with Crippen molar-refractivity contribution in [3.8, 4) is 0 Å². The molecule has 2 aliphatic rings. The van der Waals surface area contributed by atoms with Crippen molar-refractivity contribution in [1.82, 2.24) is 15.1 Å². The molecule has 17 heavy (non-hydrogen) atoms. The molecule has 0 bridgehead atoms. The Labute approximate surface area is 104 Å². The fraction of sp³-hybridized carbons (Fsp3) is 0.769. The Hall–Kier alpha value is -0.870. The average Bonchev–Trinajstić information content (AvgIpc) is 2.25. The molecule has 2 aliphatic heterocycles. The van der Waals surface area contributed by atoms with E-state index in [1.54, 1.807) is 0 Å². The lowest BCUT2D eigenvalue weighted by molar-refractivity contribution is -0.129. The van der Waals surface area contributed by atoms with Gasteiger partial charge in [-0.3, -0.25) is 9.69 Å². The lowest BCUT2D eigenvalue weighted by Gasteiger charge is -2.37. The maximum absolute atomic E-state index is 12.2. The van der Waals surface area contributed by atoms with E-state index in [-0.39, 0.29) is 5.91 Å². The molecule has 0 aromatic rings. The Kier molecular flexibility index (Phi) is 3.84. The van der Waals surface area contributed by atoms with E-state index in [9.17, 15) is 4.79 Å². The van der Waals surface area contributed by atoms with Gasteiger partial charge in [0.25, 0.3) is 0 Å². The van der Waals surface area contributed by atoms with Crippen LogP contribution >= 0.6 is 0 Å². The molecule has 96 valence electrons. The van der Waals surface area contributed by atoms with Crippen LogP contribution in [0.1, 0.15) is 20.8 Å². The van der Waals surface area contributed by atoms with Gasteiger partial charge in [0.05, 0.1) is 0 Å². The van der Waals surface area contributed by atoms with Crippen molar-refractivity contribution in [1.29, 1.82) is 0 Å². The molecular weight excluding hydrogens is 214 g/mol. The molecule has 2 heterocycles. The standard InChI is InChI=1S/C13H23N3O/c1-10(2)15-4-6-16(7-5-15)13(17)11(3)12-8-14-9-12/h10,14H,4-9H2,1-3H3. The number of hydrogen-bond acceptors (Lipinski definition) is 3. The van der Waals surface area contributed by atoms with Crippen molar-refractivity contribution in [2.24, 2.45) is 0 Å². The summed E-state index contributed by atoms with van der Waals surface area (Å²) in [5.41, 5.74) is 2.24. The van der Waals surface area contributed by atoms with Crippen LogP contribution in [0, 0.1) is 0 Å². The van der Waals surface area contributed by atoms with Gasteiger partial charge < -0.3 is 10.2 Å². The monoisotopic (exact) mass is 237 g/mol. The van der Waals surface area contributed by atoms with E-state index in [0.29, 0.717) is 6.04 Å². The first-order valence-corrected chi connectivity index (χ1v) is 6.52. The fourth-order valence-electron chi connectivity index (χ4n) is 2.34. The summed E-state index contributed by atoms with van der Waals surface area (Å²) in [7, 11) is 0. The largest absolute Gasteiger partial charge is 0.336 e. The molecule has 0 aromatic carbocycles. The lowest BCUT2D eigenvalue weighted by atomic mass is 10.0. The van der Waals surface area contributed by atoms with Gasteiger partial charge in [-0.25, -0.2) is 0 Å². The van der Waals surface area contributed by atoms with Crippen molar-refractivity contribution >= 4 is 5.91 Å². The number of nitrogens with one attached hydrogen (secondary N) is 1. The van der Waals surface area contributed by atoms with E-state index in [2.05, 4.69) is 24.1 Å². The van der Waals surface area contributed by atoms with Gasteiger partial charge in [-0.1, -0.05) is 0 Å². The summed E-state index contributed by atoms with van der Waals surface area (Å²) in [4.78, 5) is 16.7. The fourth-order valence-corrected chi connectivity index (χ4v) is 2.34. The highest BCUT2D eigenvalue weighted by Crippen LogP contribution is 2.14. The summed E-state index contributed by atoms with van der Waals surface area (Å²) in [6.45, 7) is 11.9. The van der Waals surface area contributed by atoms with Crippen LogP contribution in [0.15, 0.2) is 11.1 Å². The van der Waals surface area contributed by atoms with Crippen molar-refractivity contribution in [3.63, 3.8) is 0 Å². The lowest BCUT2D eigenvalue weighted by Crippen LogP contribution is -2.51. The van der Waals surface area contributed by atoms with Crippen LogP contribution in [-0.2, 0) is 4.79 Å².